The molecule has 8 heteroatoms. The van der Waals surface area contributed by atoms with Gasteiger partial charge in [0.1, 0.15) is 11.4 Å². The number of nitrogens with zero attached hydrogens (tertiary/aromatic N) is 2. The van der Waals surface area contributed by atoms with E-state index in [0.29, 0.717) is 18.8 Å². The van der Waals surface area contributed by atoms with Gasteiger partial charge >= 0.3 is 0 Å². The number of carbonyl (C=O) groups is 2. The first-order chi connectivity index (χ1) is 14.5. The van der Waals surface area contributed by atoms with Crippen LogP contribution < -0.4 is 10.1 Å². The second-order valence-corrected chi connectivity index (χ2v) is 6.94. The minimum absolute atomic E-state index is 0.107. The van der Waals surface area contributed by atoms with Crippen LogP contribution in [-0.2, 0) is 4.79 Å². The molecule has 30 heavy (non-hydrogen) atoms. The van der Waals surface area contributed by atoms with Crippen LogP contribution in [0.5, 0.6) is 5.75 Å². The van der Waals surface area contributed by atoms with Crippen molar-refractivity contribution in [2.24, 2.45) is 0 Å². The molecule has 156 valence electrons. The Balaban J connectivity index is 1.85. The maximum atomic E-state index is 13.1. The number of amides is 2. The van der Waals surface area contributed by atoms with Crippen LogP contribution in [0.4, 0.5) is 5.69 Å². The third-order valence-corrected chi connectivity index (χ3v) is 4.89. The molecular formula is C22H23N3O5. The van der Waals surface area contributed by atoms with Crippen molar-refractivity contribution in [2.45, 2.75) is 19.3 Å². The zero-order chi connectivity index (χ0) is 21.5. The van der Waals surface area contributed by atoms with Crippen LogP contribution in [0.3, 0.4) is 0 Å². The van der Waals surface area contributed by atoms with E-state index in [-0.39, 0.29) is 22.9 Å². The lowest BCUT2D eigenvalue weighted by Gasteiger charge is -2.27. The highest BCUT2D eigenvalue weighted by molar-refractivity contribution is 6.05. The Morgan fingerprint density at radius 2 is 1.67 bits per heavy atom. The highest BCUT2D eigenvalue weighted by Crippen LogP contribution is 2.17. The third-order valence-electron chi connectivity index (χ3n) is 4.89. The Morgan fingerprint density at radius 1 is 1.03 bits per heavy atom. The van der Waals surface area contributed by atoms with Gasteiger partial charge in [0, 0.05) is 30.8 Å². The van der Waals surface area contributed by atoms with Gasteiger partial charge in [0.05, 0.1) is 12.0 Å². The summed E-state index contributed by atoms with van der Waals surface area (Å²) in [5, 5.41) is 13.5. The van der Waals surface area contributed by atoms with E-state index < -0.39 is 10.8 Å². The number of methoxy groups -OCH3 is 1. The predicted molar refractivity (Wildman–Crippen MR) is 112 cm³/mol. The van der Waals surface area contributed by atoms with Crippen molar-refractivity contribution in [2.75, 3.05) is 20.2 Å². The van der Waals surface area contributed by atoms with Gasteiger partial charge in [0.15, 0.2) is 0 Å². The fourth-order valence-corrected chi connectivity index (χ4v) is 3.21. The lowest BCUT2D eigenvalue weighted by molar-refractivity contribution is -0.384. The molecule has 0 radical (unpaired) electrons. The lowest BCUT2D eigenvalue weighted by atomic mass is 10.1. The molecule has 1 heterocycles. The predicted octanol–water partition coefficient (Wildman–Crippen LogP) is 3.39. The molecule has 3 rings (SSSR count). The second kappa shape index (κ2) is 9.69. The molecular weight excluding hydrogens is 386 g/mol. The van der Waals surface area contributed by atoms with Crippen molar-refractivity contribution in [3.05, 3.63) is 75.5 Å². The van der Waals surface area contributed by atoms with Crippen LogP contribution in [0.25, 0.3) is 6.08 Å². The van der Waals surface area contributed by atoms with E-state index >= 15 is 0 Å². The van der Waals surface area contributed by atoms with Crippen LogP contribution in [-0.4, -0.2) is 41.8 Å². The van der Waals surface area contributed by atoms with Crippen LogP contribution in [0.1, 0.15) is 35.2 Å². The number of carbonyl (C=O) groups excluding carboxylic acids is 2. The number of benzene rings is 2. The van der Waals surface area contributed by atoms with Gasteiger partial charge in [-0.3, -0.25) is 19.7 Å². The van der Waals surface area contributed by atoms with E-state index in [1.807, 2.05) is 0 Å². The fourth-order valence-electron chi connectivity index (χ4n) is 3.21. The van der Waals surface area contributed by atoms with E-state index in [1.165, 1.54) is 24.3 Å². The molecule has 0 unspecified atom stereocenters. The molecule has 2 aromatic rings. The van der Waals surface area contributed by atoms with Crippen LogP contribution >= 0.6 is 0 Å². The van der Waals surface area contributed by atoms with Crippen molar-refractivity contribution < 1.29 is 19.2 Å². The first-order valence-corrected chi connectivity index (χ1v) is 9.69. The Hall–Kier alpha value is -3.68. The largest absolute Gasteiger partial charge is 0.497 e. The van der Waals surface area contributed by atoms with Crippen molar-refractivity contribution in [1.29, 1.82) is 0 Å². The van der Waals surface area contributed by atoms with E-state index in [0.717, 1.165) is 24.8 Å². The zero-order valence-corrected chi connectivity index (χ0v) is 16.7. The van der Waals surface area contributed by atoms with Crippen molar-refractivity contribution in [3.63, 3.8) is 0 Å². The molecule has 1 saturated heterocycles. The molecule has 0 atom stereocenters. The summed E-state index contributed by atoms with van der Waals surface area (Å²) in [5.41, 5.74) is 1.02. The van der Waals surface area contributed by atoms with Crippen LogP contribution in [0.2, 0.25) is 0 Å². The van der Waals surface area contributed by atoms with E-state index in [1.54, 1.807) is 42.4 Å². The van der Waals surface area contributed by atoms with Crippen molar-refractivity contribution in [1.82, 2.24) is 10.2 Å². The zero-order valence-electron chi connectivity index (χ0n) is 16.7. The Labute approximate surface area is 174 Å². The number of nitro benzene ring substituents is 1. The summed E-state index contributed by atoms with van der Waals surface area (Å²) in [5.74, 6) is -0.0678. The maximum Gasteiger partial charge on any atom is 0.270 e. The molecule has 0 bridgehead atoms. The first kappa shape index (κ1) is 21.0. The minimum Gasteiger partial charge on any atom is -0.497 e. The number of hydrogen-bond acceptors (Lipinski definition) is 5. The third kappa shape index (κ3) is 5.22. The van der Waals surface area contributed by atoms with E-state index in [2.05, 4.69) is 5.32 Å². The molecule has 1 aliphatic rings. The number of hydrogen-bond donors (Lipinski definition) is 1. The summed E-state index contributed by atoms with van der Waals surface area (Å²) in [6.45, 7) is 1.29. The Morgan fingerprint density at radius 3 is 2.23 bits per heavy atom. The summed E-state index contributed by atoms with van der Waals surface area (Å²) in [6, 6.07) is 12.4. The summed E-state index contributed by atoms with van der Waals surface area (Å²) in [7, 11) is 1.57. The van der Waals surface area contributed by atoms with Gasteiger partial charge in [0.25, 0.3) is 17.5 Å². The van der Waals surface area contributed by atoms with Gasteiger partial charge in [-0.15, -0.1) is 0 Å². The monoisotopic (exact) mass is 409 g/mol. The normalized spacial score (nSPS) is 14.2. The number of rotatable bonds is 6. The van der Waals surface area contributed by atoms with Crippen molar-refractivity contribution >= 4 is 23.6 Å². The average molecular weight is 409 g/mol. The van der Waals surface area contributed by atoms with Crippen LogP contribution in [0, 0.1) is 10.1 Å². The van der Waals surface area contributed by atoms with E-state index in [9.17, 15) is 19.7 Å². The molecule has 1 aliphatic heterocycles. The Bertz CT molecular complexity index is 946. The number of likely N-dealkylation sites (tertiary alicyclic amines) is 1. The van der Waals surface area contributed by atoms with Gasteiger partial charge in [-0.25, -0.2) is 0 Å². The molecule has 0 spiro atoms. The molecule has 2 amide bonds. The van der Waals surface area contributed by atoms with Crippen LogP contribution in [0.15, 0.2) is 54.2 Å². The summed E-state index contributed by atoms with van der Waals surface area (Å²) in [4.78, 5) is 37.8. The molecule has 0 saturated carbocycles. The fraction of sp³-hybridized carbons (Fsp3) is 0.273. The van der Waals surface area contributed by atoms with Gasteiger partial charge < -0.3 is 15.0 Å². The topological polar surface area (TPSA) is 102 Å². The SMILES string of the molecule is COc1ccc(C=C(NC(=O)c2ccc([N+](=O)[O-])cc2)C(=O)N2CCCCC2)cc1. The van der Waals surface area contributed by atoms with Gasteiger partial charge in [0.2, 0.25) is 0 Å². The van der Waals surface area contributed by atoms with Gasteiger partial charge in [-0.1, -0.05) is 12.1 Å². The second-order valence-electron chi connectivity index (χ2n) is 6.94. The quantitative estimate of drug-likeness (QED) is 0.448. The summed E-state index contributed by atoms with van der Waals surface area (Å²) >= 11 is 0. The minimum atomic E-state index is -0.531. The Kier molecular flexibility index (Phi) is 6.79. The molecule has 2 aromatic carbocycles. The molecule has 8 nitrogen and oxygen atoms in total. The highest BCUT2D eigenvalue weighted by Gasteiger charge is 2.22. The standard InChI is InChI=1S/C22H23N3O5/c1-30-19-11-5-16(6-12-19)15-20(22(27)24-13-3-2-4-14-24)23-21(26)17-7-9-18(10-8-17)25(28)29/h5-12,15H,2-4,13-14H2,1H3,(H,23,26). The molecule has 0 aromatic heterocycles. The first-order valence-electron chi connectivity index (χ1n) is 9.69. The smallest absolute Gasteiger partial charge is 0.270 e. The van der Waals surface area contributed by atoms with Crippen molar-refractivity contribution in [3.8, 4) is 5.75 Å². The number of ether oxygens (including phenoxy) is 1. The molecule has 1 N–H and O–H groups in total. The number of piperidine rings is 1. The maximum absolute atomic E-state index is 13.1. The van der Waals surface area contributed by atoms with E-state index in [4.69, 9.17) is 4.74 Å². The number of non-ortho nitro benzene ring substituents is 1. The molecule has 0 aliphatic carbocycles. The average Bonchev–Trinajstić information content (AvgIpc) is 2.79. The molecule has 1 fully saturated rings. The summed E-state index contributed by atoms with van der Waals surface area (Å²) in [6.07, 6.45) is 4.56. The number of nitrogens with one attached hydrogen (secondary N) is 1. The number of nitro groups is 1. The lowest BCUT2D eigenvalue weighted by Crippen LogP contribution is -2.41. The highest BCUT2D eigenvalue weighted by atomic mass is 16.6. The van der Waals surface area contributed by atoms with Gasteiger partial charge in [-0.2, -0.15) is 0 Å². The van der Waals surface area contributed by atoms with Gasteiger partial charge in [-0.05, 0) is 55.2 Å². The summed E-state index contributed by atoms with van der Waals surface area (Å²) < 4.78 is 5.15.